The second-order valence-corrected chi connectivity index (χ2v) is 8.11. The van der Waals surface area contributed by atoms with Crippen molar-refractivity contribution in [3.05, 3.63) is 76.6 Å². The average Bonchev–Trinajstić information content (AvgIpc) is 3.28. The van der Waals surface area contributed by atoms with Gasteiger partial charge in [-0.15, -0.1) is 11.3 Å². The molecule has 5 nitrogen and oxygen atoms in total. The number of amides is 1. The Bertz CT molecular complexity index is 1220. The molecule has 8 heteroatoms. The average molecular weight is 424 g/mol. The van der Waals surface area contributed by atoms with Gasteiger partial charge in [0.2, 0.25) is 0 Å². The summed E-state index contributed by atoms with van der Waals surface area (Å²) in [7, 11) is 1.72. The van der Waals surface area contributed by atoms with Crippen LogP contribution in [-0.2, 0) is 7.05 Å². The predicted octanol–water partition coefficient (Wildman–Crippen LogP) is 5.36. The number of para-hydroxylation sites is 1. The van der Waals surface area contributed by atoms with Crippen LogP contribution in [-0.4, -0.2) is 20.7 Å². The highest BCUT2D eigenvalue weighted by Gasteiger charge is 2.19. The molecule has 152 valence electrons. The molecule has 0 aliphatic heterocycles. The molecule has 0 fully saturated rings. The Hall–Kier alpha value is -3.39. The summed E-state index contributed by atoms with van der Waals surface area (Å²) in [6, 6.07) is 11.0. The third-order valence-corrected chi connectivity index (χ3v) is 5.80. The van der Waals surface area contributed by atoms with Crippen LogP contribution in [0.1, 0.15) is 21.1 Å². The standard InChI is InChI=1S/C22H18F2N4OS/c1-12-7-8-14(11-25-12)20-9-15(13(2)30-20)19-10-18(27-28(19)3)22(29)26-21-16(23)5-4-6-17(21)24/h4-11H,1-3H3,(H,26,29). The van der Waals surface area contributed by atoms with Gasteiger partial charge in [0.1, 0.15) is 17.3 Å². The zero-order chi connectivity index (χ0) is 21.4. The molecule has 0 saturated heterocycles. The topological polar surface area (TPSA) is 59.8 Å². The van der Waals surface area contributed by atoms with Crippen LogP contribution in [0.2, 0.25) is 0 Å². The van der Waals surface area contributed by atoms with Crippen molar-refractivity contribution in [3.63, 3.8) is 0 Å². The van der Waals surface area contributed by atoms with Crippen LogP contribution in [0.15, 0.2) is 48.7 Å². The molecule has 0 aliphatic carbocycles. The van der Waals surface area contributed by atoms with Crippen LogP contribution >= 0.6 is 11.3 Å². The van der Waals surface area contributed by atoms with Crippen molar-refractivity contribution in [2.24, 2.45) is 7.05 Å². The summed E-state index contributed by atoms with van der Waals surface area (Å²) in [6.07, 6.45) is 1.83. The van der Waals surface area contributed by atoms with Gasteiger partial charge in [0.25, 0.3) is 5.91 Å². The van der Waals surface area contributed by atoms with Gasteiger partial charge in [0.15, 0.2) is 5.69 Å². The lowest BCUT2D eigenvalue weighted by molar-refractivity contribution is 0.102. The number of aryl methyl sites for hydroxylation is 3. The quantitative estimate of drug-likeness (QED) is 0.480. The van der Waals surface area contributed by atoms with Gasteiger partial charge in [0.05, 0.1) is 5.69 Å². The summed E-state index contributed by atoms with van der Waals surface area (Å²) < 4.78 is 29.2. The highest BCUT2D eigenvalue weighted by molar-refractivity contribution is 7.16. The Labute approximate surface area is 176 Å². The molecule has 1 N–H and O–H groups in total. The van der Waals surface area contributed by atoms with E-state index in [0.717, 1.165) is 44.4 Å². The first-order valence-electron chi connectivity index (χ1n) is 9.16. The fourth-order valence-electron chi connectivity index (χ4n) is 3.12. The normalized spacial score (nSPS) is 11.0. The van der Waals surface area contributed by atoms with Gasteiger partial charge in [-0.2, -0.15) is 5.10 Å². The molecule has 1 aromatic carbocycles. The van der Waals surface area contributed by atoms with E-state index in [4.69, 9.17) is 0 Å². The number of thiophene rings is 1. The van der Waals surface area contributed by atoms with Crippen LogP contribution in [0.3, 0.4) is 0 Å². The molecule has 3 aromatic heterocycles. The Morgan fingerprint density at radius 2 is 1.83 bits per heavy atom. The van der Waals surface area contributed by atoms with Crippen LogP contribution in [0.5, 0.6) is 0 Å². The highest BCUT2D eigenvalue weighted by atomic mass is 32.1. The number of halogens is 2. The van der Waals surface area contributed by atoms with Crippen LogP contribution in [0, 0.1) is 25.5 Å². The van der Waals surface area contributed by atoms with Crippen LogP contribution in [0.25, 0.3) is 21.7 Å². The number of anilines is 1. The van der Waals surface area contributed by atoms with E-state index < -0.39 is 23.2 Å². The maximum absolute atomic E-state index is 13.8. The molecule has 0 saturated carbocycles. The largest absolute Gasteiger partial charge is 0.316 e. The molecule has 0 bridgehead atoms. The number of benzene rings is 1. The number of rotatable bonds is 4. The van der Waals surface area contributed by atoms with E-state index in [2.05, 4.69) is 15.4 Å². The number of hydrogen-bond acceptors (Lipinski definition) is 4. The van der Waals surface area contributed by atoms with Crippen molar-refractivity contribution in [2.75, 3.05) is 5.32 Å². The summed E-state index contributed by atoms with van der Waals surface area (Å²) >= 11 is 1.62. The number of pyridine rings is 1. The van der Waals surface area contributed by atoms with Crippen molar-refractivity contribution in [1.82, 2.24) is 14.8 Å². The fourth-order valence-corrected chi connectivity index (χ4v) is 4.14. The zero-order valence-electron chi connectivity index (χ0n) is 16.5. The van der Waals surface area contributed by atoms with E-state index in [9.17, 15) is 13.6 Å². The SMILES string of the molecule is Cc1ccc(-c2cc(-c3cc(C(=O)Nc4c(F)cccc4F)nn3C)c(C)s2)cn1. The minimum absolute atomic E-state index is 0.0688. The molecule has 3 heterocycles. The van der Waals surface area contributed by atoms with Gasteiger partial charge in [-0.1, -0.05) is 12.1 Å². The summed E-state index contributed by atoms with van der Waals surface area (Å²) in [4.78, 5) is 19.0. The molecule has 4 aromatic rings. The van der Waals surface area contributed by atoms with E-state index >= 15 is 0 Å². The number of hydrogen-bond donors (Lipinski definition) is 1. The molecule has 0 aliphatic rings. The fraction of sp³-hybridized carbons (Fsp3) is 0.136. The molecular formula is C22H18F2N4OS. The Kier molecular flexibility index (Phi) is 5.17. The predicted molar refractivity (Wildman–Crippen MR) is 114 cm³/mol. The van der Waals surface area contributed by atoms with E-state index in [1.54, 1.807) is 29.1 Å². The van der Waals surface area contributed by atoms with Crippen molar-refractivity contribution in [1.29, 1.82) is 0 Å². The molecule has 4 rings (SSSR count). The van der Waals surface area contributed by atoms with Crippen molar-refractivity contribution in [2.45, 2.75) is 13.8 Å². The van der Waals surface area contributed by atoms with Crippen molar-refractivity contribution >= 4 is 22.9 Å². The lowest BCUT2D eigenvalue weighted by atomic mass is 10.1. The number of carbonyl (C=O) groups excluding carboxylic acids is 1. The maximum Gasteiger partial charge on any atom is 0.276 e. The van der Waals surface area contributed by atoms with E-state index in [0.29, 0.717) is 0 Å². The lowest BCUT2D eigenvalue weighted by Gasteiger charge is -2.05. The number of carbonyl (C=O) groups is 1. The van der Waals surface area contributed by atoms with Crippen LogP contribution < -0.4 is 5.32 Å². The van der Waals surface area contributed by atoms with Gasteiger partial charge >= 0.3 is 0 Å². The van der Waals surface area contributed by atoms with Gasteiger partial charge < -0.3 is 5.32 Å². The van der Waals surface area contributed by atoms with E-state index in [1.807, 2.05) is 38.2 Å². The molecule has 0 atom stereocenters. The van der Waals surface area contributed by atoms with Crippen LogP contribution in [0.4, 0.5) is 14.5 Å². The van der Waals surface area contributed by atoms with Gasteiger partial charge in [-0.05, 0) is 44.2 Å². The third kappa shape index (κ3) is 3.73. The van der Waals surface area contributed by atoms with E-state index in [1.165, 1.54) is 6.07 Å². The monoisotopic (exact) mass is 424 g/mol. The molecular weight excluding hydrogens is 406 g/mol. The Morgan fingerprint density at radius 3 is 2.50 bits per heavy atom. The minimum atomic E-state index is -0.843. The lowest BCUT2D eigenvalue weighted by Crippen LogP contribution is -2.15. The molecule has 0 radical (unpaired) electrons. The first kappa shape index (κ1) is 19.9. The highest BCUT2D eigenvalue weighted by Crippen LogP contribution is 2.36. The van der Waals surface area contributed by atoms with Gasteiger partial charge in [-0.3, -0.25) is 14.5 Å². The molecule has 30 heavy (non-hydrogen) atoms. The second-order valence-electron chi connectivity index (χ2n) is 6.86. The Morgan fingerprint density at radius 1 is 1.10 bits per heavy atom. The third-order valence-electron chi connectivity index (χ3n) is 4.70. The van der Waals surface area contributed by atoms with Crippen molar-refractivity contribution in [3.8, 4) is 21.7 Å². The second kappa shape index (κ2) is 7.79. The van der Waals surface area contributed by atoms with Gasteiger partial charge in [-0.25, -0.2) is 8.78 Å². The first-order valence-corrected chi connectivity index (χ1v) is 9.98. The smallest absolute Gasteiger partial charge is 0.276 e. The zero-order valence-corrected chi connectivity index (χ0v) is 17.3. The summed E-state index contributed by atoms with van der Waals surface area (Å²) in [6.45, 7) is 3.93. The number of nitrogens with one attached hydrogen (secondary N) is 1. The first-order chi connectivity index (χ1) is 14.3. The minimum Gasteiger partial charge on any atom is -0.316 e. The summed E-state index contributed by atoms with van der Waals surface area (Å²) in [5.41, 5.74) is 3.20. The van der Waals surface area contributed by atoms with E-state index in [-0.39, 0.29) is 5.69 Å². The molecule has 1 amide bonds. The van der Waals surface area contributed by atoms with Gasteiger partial charge in [0, 0.05) is 39.8 Å². The number of aromatic nitrogens is 3. The number of nitrogens with zero attached hydrogens (tertiary/aromatic N) is 3. The maximum atomic E-state index is 13.8. The molecule has 0 spiro atoms. The summed E-state index contributed by atoms with van der Waals surface area (Å²) in [5.74, 6) is -2.37. The Balaban J connectivity index is 1.64. The molecule has 0 unspecified atom stereocenters. The summed E-state index contributed by atoms with van der Waals surface area (Å²) in [5, 5.41) is 6.50. The van der Waals surface area contributed by atoms with Crippen molar-refractivity contribution < 1.29 is 13.6 Å².